The molecule has 1 heterocycles. The normalized spacial score (nSPS) is 12.6. The average molecular weight is 289 g/mol. The highest BCUT2D eigenvalue weighted by Gasteiger charge is 2.21. The Morgan fingerprint density at radius 3 is 2.57 bits per heavy atom. The summed E-state index contributed by atoms with van der Waals surface area (Å²) in [7, 11) is 1.62. The maximum Gasteiger partial charge on any atom is 0.182 e. The van der Waals surface area contributed by atoms with Crippen LogP contribution in [-0.4, -0.2) is 27.3 Å². The molecule has 0 saturated heterocycles. The number of methoxy groups -OCH3 is 1. The number of nitrogens with zero attached hydrogens (tertiary/aromatic N) is 4. The van der Waals surface area contributed by atoms with Crippen molar-refractivity contribution in [2.45, 2.75) is 39.7 Å². The average Bonchev–Trinajstić information content (AvgIpc) is 2.97. The molecular formula is C15H23N5O. The molecule has 1 atom stereocenters. The summed E-state index contributed by atoms with van der Waals surface area (Å²) in [6, 6.07) is 5.78. The second-order valence-electron chi connectivity index (χ2n) is 5.26. The molecule has 0 bridgehead atoms. The molecule has 0 aliphatic rings. The van der Waals surface area contributed by atoms with Gasteiger partial charge in [0.15, 0.2) is 5.82 Å². The van der Waals surface area contributed by atoms with E-state index in [4.69, 9.17) is 10.5 Å². The van der Waals surface area contributed by atoms with Gasteiger partial charge in [0.05, 0.1) is 13.2 Å². The Bertz CT molecular complexity index is 591. The van der Waals surface area contributed by atoms with E-state index >= 15 is 0 Å². The largest absolute Gasteiger partial charge is 0.497 e. The van der Waals surface area contributed by atoms with Crippen molar-refractivity contribution in [1.29, 1.82) is 0 Å². The number of hydrogen-bond acceptors (Lipinski definition) is 5. The van der Waals surface area contributed by atoms with Gasteiger partial charge in [-0.1, -0.05) is 26.7 Å². The summed E-state index contributed by atoms with van der Waals surface area (Å²) >= 11 is 0. The fraction of sp³-hybridized carbons (Fsp3) is 0.533. The third-order valence-electron chi connectivity index (χ3n) is 4.03. The molecule has 1 unspecified atom stereocenters. The number of rotatable bonds is 6. The van der Waals surface area contributed by atoms with Gasteiger partial charge in [-0.15, -0.1) is 5.10 Å². The van der Waals surface area contributed by atoms with Crippen molar-refractivity contribution in [1.82, 2.24) is 20.2 Å². The number of nitrogens with two attached hydrogens (primary N) is 1. The van der Waals surface area contributed by atoms with Gasteiger partial charge in [0.25, 0.3) is 0 Å². The lowest BCUT2D eigenvalue weighted by molar-refractivity contribution is 0.309. The second-order valence-corrected chi connectivity index (χ2v) is 5.26. The molecule has 0 aliphatic heterocycles. The van der Waals surface area contributed by atoms with E-state index < -0.39 is 0 Å². The Morgan fingerprint density at radius 1 is 1.24 bits per heavy atom. The standard InChI is InChI=1S/C15H23N5O/c1-5-11(6-2)10(3)20-15(17-18-19-20)12-7-13(16)9-14(8-12)21-4/h7-11H,5-6,16H2,1-4H3. The van der Waals surface area contributed by atoms with E-state index in [1.54, 1.807) is 13.2 Å². The highest BCUT2D eigenvalue weighted by Crippen LogP contribution is 2.30. The molecule has 0 radical (unpaired) electrons. The van der Waals surface area contributed by atoms with Gasteiger partial charge in [0.1, 0.15) is 5.75 Å². The van der Waals surface area contributed by atoms with E-state index in [2.05, 4.69) is 36.3 Å². The molecule has 0 spiro atoms. The molecular weight excluding hydrogens is 266 g/mol. The fourth-order valence-electron chi connectivity index (χ4n) is 2.70. The van der Waals surface area contributed by atoms with Gasteiger partial charge in [0.2, 0.25) is 0 Å². The van der Waals surface area contributed by atoms with Crippen molar-refractivity contribution >= 4 is 5.69 Å². The molecule has 1 aromatic carbocycles. The summed E-state index contributed by atoms with van der Waals surface area (Å²) < 4.78 is 7.15. The molecule has 0 amide bonds. The Hall–Kier alpha value is -2.11. The summed E-state index contributed by atoms with van der Waals surface area (Å²) in [4.78, 5) is 0. The van der Waals surface area contributed by atoms with E-state index in [1.165, 1.54) is 0 Å². The molecule has 2 N–H and O–H groups in total. The molecule has 114 valence electrons. The summed E-state index contributed by atoms with van der Waals surface area (Å²) in [6.07, 6.45) is 2.19. The van der Waals surface area contributed by atoms with Gasteiger partial charge in [0, 0.05) is 17.3 Å². The van der Waals surface area contributed by atoms with Gasteiger partial charge in [-0.3, -0.25) is 0 Å². The topological polar surface area (TPSA) is 78.9 Å². The molecule has 2 aromatic rings. The smallest absolute Gasteiger partial charge is 0.182 e. The van der Waals surface area contributed by atoms with Crippen molar-refractivity contribution in [2.24, 2.45) is 5.92 Å². The number of tetrazole rings is 1. The zero-order valence-electron chi connectivity index (χ0n) is 13.1. The van der Waals surface area contributed by atoms with E-state index in [1.807, 2.05) is 16.8 Å². The minimum Gasteiger partial charge on any atom is -0.497 e. The van der Waals surface area contributed by atoms with Crippen molar-refractivity contribution in [3.05, 3.63) is 18.2 Å². The van der Waals surface area contributed by atoms with Gasteiger partial charge < -0.3 is 10.5 Å². The van der Waals surface area contributed by atoms with Crippen LogP contribution >= 0.6 is 0 Å². The SMILES string of the molecule is CCC(CC)C(C)n1nnnc1-c1cc(N)cc(OC)c1. The van der Waals surface area contributed by atoms with Crippen LogP contribution in [0.2, 0.25) is 0 Å². The van der Waals surface area contributed by atoms with Crippen LogP contribution in [-0.2, 0) is 0 Å². The number of hydrogen-bond donors (Lipinski definition) is 1. The van der Waals surface area contributed by atoms with Crippen molar-refractivity contribution in [3.8, 4) is 17.1 Å². The lowest BCUT2D eigenvalue weighted by Crippen LogP contribution is -2.18. The first-order chi connectivity index (χ1) is 10.1. The molecule has 21 heavy (non-hydrogen) atoms. The van der Waals surface area contributed by atoms with Crippen LogP contribution in [0.3, 0.4) is 0 Å². The van der Waals surface area contributed by atoms with Gasteiger partial charge in [-0.05, 0) is 35.4 Å². The minimum atomic E-state index is 0.234. The number of aromatic nitrogens is 4. The highest BCUT2D eigenvalue weighted by molar-refractivity contribution is 5.64. The van der Waals surface area contributed by atoms with Crippen LogP contribution in [0, 0.1) is 5.92 Å². The van der Waals surface area contributed by atoms with Crippen LogP contribution < -0.4 is 10.5 Å². The molecule has 0 aliphatic carbocycles. The first-order valence-electron chi connectivity index (χ1n) is 7.33. The second kappa shape index (κ2) is 6.56. The third kappa shape index (κ3) is 3.15. The van der Waals surface area contributed by atoms with Crippen molar-refractivity contribution in [2.75, 3.05) is 12.8 Å². The number of ether oxygens (including phenoxy) is 1. The Kier molecular flexibility index (Phi) is 4.77. The Balaban J connectivity index is 2.42. The van der Waals surface area contributed by atoms with Crippen LogP contribution in [0.1, 0.15) is 39.7 Å². The molecule has 0 saturated carbocycles. The molecule has 6 nitrogen and oxygen atoms in total. The molecule has 0 fully saturated rings. The first kappa shape index (κ1) is 15.3. The summed E-state index contributed by atoms with van der Waals surface area (Å²) in [5.74, 6) is 1.96. The lowest BCUT2D eigenvalue weighted by Gasteiger charge is -2.22. The van der Waals surface area contributed by atoms with Gasteiger partial charge in [-0.2, -0.15) is 0 Å². The summed E-state index contributed by atoms with van der Waals surface area (Å²) in [5.41, 5.74) is 7.43. The van der Waals surface area contributed by atoms with Crippen LogP contribution in [0.15, 0.2) is 18.2 Å². The predicted molar refractivity (Wildman–Crippen MR) is 83.0 cm³/mol. The van der Waals surface area contributed by atoms with E-state index in [9.17, 15) is 0 Å². The van der Waals surface area contributed by atoms with Crippen molar-refractivity contribution in [3.63, 3.8) is 0 Å². The third-order valence-corrected chi connectivity index (χ3v) is 4.03. The molecule has 6 heteroatoms. The van der Waals surface area contributed by atoms with Crippen LogP contribution in [0.4, 0.5) is 5.69 Å². The Morgan fingerprint density at radius 2 is 1.95 bits per heavy atom. The monoisotopic (exact) mass is 289 g/mol. The van der Waals surface area contributed by atoms with Crippen LogP contribution in [0.25, 0.3) is 11.4 Å². The number of nitrogen functional groups attached to an aromatic ring is 1. The Labute approximate surface area is 125 Å². The van der Waals surface area contributed by atoms with Crippen LogP contribution in [0.5, 0.6) is 5.75 Å². The maximum absolute atomic E-state index is 5.92. The first-order valence-corrected chi connectivity index (χ1v) is 7.33. The summed E-state index contributed by atoms with van der Waals surface area (Å²) in [5, 5.41) is 12.2. The maximum atomic E-state index is 5.92. The minimum absolute atomic E-state index is 0.234. The zero-order valence-corrected chi connectivity index (χ0v) is 13.1. The van der Waals surface area contributed by atoms with Crippen molar-refractivity contribution < 1.29 is 4.74 Å². The quantitative estimate of drug-likeness (QED) is 0.827. The van der Waals surface area contributed by atoms with E-state index in [-0.39, 0.29) is 6.04 Å². The van der Waals surface area contributed by atoms with Gasteiger partial charge in [-0.25, -0.2) is 4.68 Å². The van der Waals surface area contributed by atoms with E-state index in [0.717, 1.165) is 24.2 Å². The molecule has 2 rings (SSSR count). The number of anilines is 1. The molecule has 1 aromatic heterocycles. The zero-order chi connectivity index (χ0) is 15.4. The lowest BCUT2D eigenvalue weighted by atomic mass is 9.95. The highest BCUT2D eigenvalue weighted by atomic mass is 16.5. The summed E-state index contributed by atoms with van der Waals surface area (Å²) in [6.45, 7) is 6.54. The predicted octanol–water partition coefficient (Wildman–Crippen LogP) is 2.93. The van der Waals surface area contributed by atoms with Gasteiger partial charge >= 0.3 is 0 Å². The fourth-order valence-corrected chi connectivity index (χ4v) is 2.70. The number of benzene rings is 1. The van der Waals surface area contributed by atoms with E-state index in [0.29, 0.717) is 17.4 Å².